The Labute approximate surface area is 174 Å². The number of benzene rings is 4. The lowest BCUT2D eigenvalue weighted by molar-refractivity contribution is 0.103. The average molecular weight is 390 g/mol. The lowest BCUT2D eigenvalue weighted by Crippen LogP contribution is -2.08. The highest BCUT2D eigenvalue weighted by atomic mass is 16.5. The highest BCUT2D eigenvalue weighted by Crippen LogP contribution is 2.38. The number of hydrogen-bond donors (Lipinski definition) is 0. The smallest absolute Gasteiger partial charge is 0.193 e. The van der Waals surface area contributed by atoms with E-state index in [1.54, 1.807) is 0 Å². The van der Waals surface area contributed by atoms with Crippen molar-refractivity contribution in [3.8, 4) is 23.0 Å². The minimum Gasteiger partial charge on any atom is -0.457 e. The highest BCUT2D eigenvalue weighted by Gasteiger charge is 2.21. The van der Waals surface area contributed by atoms with E-state index in [9.17, 15) is 4.79 Å². The van der Waals surface area contributed by atoms with Gasteiger partial charge < -0.3 is 9.47 Å². The van der Waals surface area contributed by atoms with Crippen LogP contribution in [0.4, 0.5) is 0 Å². The zero-order valence-corrected chi connectivity index (χ0v) is 16.2. The fourth-order valence-electron chi connectivity index (χ4n) is 4.23. The molecule has 2 aliphatic rings. The van der Waals surface area contributed by atoms with Crippen LogP contribution in [0.1, 0.15) is 38.2 Å². The first kappa shape index (κ1) is 17.0. The number of rotatable bonds is 2. The van der Waals surface area contributed by atoms with E-state index in [-0.39, 0.29) is 5.78 Å². The van der Waals surface area contributed by atoms with Gasteiger partial charge in [-0.25, -0.2) is 0 Å². The third kappa shape index (κ3) is 2.79. The summed E-state index contributed by atoms with van der Waals surface area (Å²) in [6.45, 7) is 0. The normalized spacial score (nSPS) is 13.1. The molecule has 0 bridgehead atoms. The van der Waals surface area contributed by atoms with Gasteiger partial charge in [0.2, 0.25) is 0 Å². The maximum atomic E-state index is 13.2. The molecule has 0 saturated heterocycles. The minimum atomic E-state index is 0.0123. The van der Waals surface area contributed by atoms with E-state index >= 15 is 0 Å². The van der Waals surface area contributed by atoms with Gasteiger partial charge in [0, 0.05) is 35.1 Å². The first-order valence-electron chi connectivity index (χ1n) is 10.1. The molecular formula is C27H18O3. The number of carbonyl (C=O) groups is 1. The summed E-state index contributed by atoms with van der Waals surface area (Å²) in [5.41, 5.74) is 5.70. The molecule has 0 aliphatic carbocycles. The Kier molecular flexibility index (Phi) is 3.75. The van der Waals surface area contributed by atoms with Crippen molar-refractivity contribution in [3.05, 3.63) is 118 Å². The summed E-state index contributed by atoms with van der Waals surface area (Å²) in [5, 5.41) is 0. The second-order valence-electron chi connectivity index (χ2n) is 7.75. The summed E-state index contributed by atoms with van der Waals surface area (Å²) < 4.78 is 12.0. The van der Waals surface area contributed by atoms with Gasteiger partial charge in [0.25, 0.3) is 0 Å². The molecule has 0 amide bonds. The third-order valence-electron chi connectivity index (χ3n) is 5.79. The van der Waals surface area contributed by atoms with Crippen molar-refractivity contribution >= 4 is 5.78 Å². The molecule has 0 atom stereocenters. The van der Waals surface area contributed by atoms with Gasteiger partial charge in [0.15, 0.2) is 5.78 Å². The van der Waals surface area contributed by atoms with Crippen molar-refractivity contribution in [1.29, 1.82) is 0 Å². The van der Waals surface area contributed by atoms with Crippen LogP contribution >= 0.6 is 0 Å². The van der Waals surface area contributed by atoms with Gasteiger partial charge >= 0.3 is 0 Å². The molecule has 3 nitrogen and oxygen atoms in total. The zero-order chi connectivity index (χ0) is 20.1. The maximum Gasteiger partial charge on any atom is 0.193 e. The van der Waals surface area contributed by atoms with Crippen LogP contribution in [0, 0.1) is 0 Å². The zero-order valence-electron chi connectivity index (χ0n) is 16.2. The van der Waals surface area contributed by atoms with Crippen molar-refractivity contribution in [2.75, 3.05) is 0 Å². The monoisotopic (exact) mass is 390 g/mol. The van der Waals surface area contributed by atoms with Crippen LogP contribution in [0.5, 0.6) is 23.0 Å². The average Bonchev–Trinajstić information content (AvgIpc) is 2.80. The third-order valence-corrected chi connectivity index (χ3v) is 5.79. The van der Waals surface area contributed by atoms with Crippen LogP contribution in [0.15, 0.2) is 84.9 Å². The first-order valence-corrected chi connectivity index (χ1v) is 10.1. The fourth-order valence-corrected chi connectivity index (χ4v) is 4.23. The van der Waals surface area contributed by atoms with Gasteiger partial charge in [-0.2, -0.15) is 0 Å². The van der Waals surface area contributed by atoms with Crippen molar-refractivity contribution in [3.63, 3.8) is 0 Å². The molecule has 2 aliphatic heterocycles. The van der Waals surface area contributed by atoms with Crippen molar-refractivity contribution in [2.24, 2.45) is 0 Å². The Morgan fingerprint density at radius 2 is 0.967 bits per heavy atom. The summed E-state index contributed by atoms with van der Waals surface area (Å²) in [6.07, 6.45) is 1.53. The molecule has 0 unspecified atom stereocenters. The number of carbonyl (C=O) groups excluding carboxylic acids is 1. The summed E-state index contributed by atoms with van der Waals surface area (Å²) in [6, 6.07) is 27.5. The molecule has 0 aromatic heterocycles. The fraction of sp³-hybridized carbons (Fsp3) is 0.0741. The predicted molar refractivity (Wildman–Crippen MR) is 115 cm³/mol. The van der Waals surface area contributed by atoms with E-state index in [1.165, 1.54) is 0 Å². The van der Waals surface area contributed by atoms with Crippen molar-refractivity contribution in [1.82, 2.24) is 0 Å². The van der Waals surface area contributed by atoms with Gasteiger partial charge in [0.1, 0.15) is 23.0 Å². The molecule has 0 fully saturated rings. The molecule has 4 aromatic rings. The van der Waals surface area contributed by atoms with Gasteiger partial charge in [0.05, 0.1) is 0 Å². The lowest BCUT2D eigenvalue weighted by atomic mass is 9.93. The lowest BCUT2D eigenvalue weighted by Gasteiger charge is -2.21. The largest absolute Gasteiger partial charge is 0.457 e. The molecule has 0 N–H and O–H groups in total. The second kappa shape index (κ2) is 6.60. The van der Waals surface area contributed by atoms with Crippen LogP contribution in [-0.2, 0) is 12.8 Å². The van der Waals surface area contributed by atoms with E-state index < -0.39 is 0 Å². The van der Waals surface area contributed by atoms with Crippen LogP contribution < -0.4 is 9.47 Å². The second-order valence-corrected chi connectivity index (χ2v) is 7.75. The van der Waals surface area contributed by atoms with Crippen molar-refractivity contribution in [2.45, 2.75) is 12.8 Å². The maximum absolute atomic E-state index is 13.2. The summed E-state index contributed by atoms with van der Waals surface area (Å²) >= 11 is 0. The summed E-state index contributed by atoms with van der Waals surface area (Å²) in [7, 11) is 0. The van der Waals surface area contributed by atoms with E-state index in [1.807, 2.05) is 72.8 Å². The van der Waals surface area contributed by atoms with Gasteiger partial charge in [-0.3, -0.25) is 4.79 Å². The molecule has 144 valence electrons. The van der Waals surface area contributed by atoms with Crippen molar-refractivity contribution < 1.29 is 14.3 Å². The molecule has 0 saturated carbocycles. The molecule has 2 heterocycles. The summed E-state index contributed by atoms with van der Waals surface area (Å²) in [5.74, 6) is 3.43. The number of para-hydroxylation sites is 2. The number of ketones is 1. The van der Waals surface area contributed by atoms with E-state index in [0.29, 0.717) is 11.1 Å². The van der Waals surface area contributed by atoms with Gasteiger partial charge in [-0.15, -0.1) is 0 Å². The first-order chi connectivity index (χ1) is 14.7. The van der Waals surface area contributed by atoms with Gasteiger partial charge in [-0.1, -0.05) is 36.4 Å². The SMILES string of the molecule is O=C(c1ccc2c(c1)Cc1ccccc1O2)c1ccc2c(c1)Cc1ccccc1O2. The minimum absolute atomic E-state index is 0.0123. The standard InChI is InChI=1S/C27H18O3/c28-27(19-9-11-25-21(15-19)13-17-5-1-3-7-23(17)29-25)20-10-12-26-22(16-20)14-18-6-2-4-8-24(18)30-26/h1-12,15-16H,13-14H2. The summed E-state index contributed by atoms with van der Waals surface area (Å²) in [4.78, 5) is 13.2. The highest BCUT2D eigenvalue weighted by molar-refractivity contribution is 6.09. The number of hydrogen-bond acceptors (Lipinski definition) is 3. The Morgan fingerprint density at radius 1 is 0.533 bits per heavy atom. The van der Waals surface area contributed by atoms with Crippen LogP contribution in [-0.4, -0.2) is 5.78 Å². The molecule has 6 rings (SSSR count). The molecule has 30 heavy (non-hydrogen) atoms. The van der Waals surface area contributed by atoms with Crippen LogP contribution in [0.3, 0.4) is 0 Å². The van der Waals surface area contributed by atoms with Crippen LogP contribution in [0.2, 0.25) is 0 Å². The number of ether oxygens (including phenoxy) is 2. The quantitative estimate of drug-likeness (QED) is 0.325. The Morgan fingerprint density at radius 3 is 1.47 bits per heavy atom. The Balaban J connectivity index is 1.31. The molecule has 0 radical (unpaired) electrons. The van der Waals surface area contributed by atoms with E-state index in [0.717, 1.165) is 58.1 Å². The molecule has 0 spiro atoms. The van der Waals surface area contributed by atoms with Gasteiger partial charge in [-0.05, 0) is 59.7 Å². The Hall–Kier alpha value is -3.85. The molecular weight excluding hydrogens is 372 g/mol. The topological polar surface area (TPSA) is 35.5 Å². The van der Waals surface area contributed by atoms with E-state index in [2.05, 4.69) is 12.1 Å². The molecule has 4 aromatic carbocycles. The predicted octanol–water partition coefficient (Wildman–Crippen LogP) is 6.31. The molecule has 3 heteroatoms. The van der Waals surface area contributed by atoms with E-state index in [4.69, 9.17) is 9.47 Å². The number of fused-ring (bicyclic) bond motifs is 4. The van der Waals surface area contributed by atoms with Crippen LogP contribution in [0.25, 0.3) is 0 Å². The Bertz CT molecular complexity index is 1220.